The maximum Gasteiger partial charge on any atom is 0.0197 e. The zero-order valence-electron chi connectivity index (χ0n) is 11.2. The van der Waals surface area contributed by atoms with Gasteiger partial charge in [0.1, 0.15) is 0 Å². The molecule has 1 saturated heterocycles. The molecule has 1 aliphatic heterocycles. The quantitative estimate of drug-likeness (QED) is 0.894. The fourth-order valence-electron chi connectivity index (χ4n) is 3.34. The van der Waals surface area contributed by atoms with E-state index >= 15 is 0 Å². The minimum absolute atomic E-state index is 0.730. The highest BCUT2D eigenvalue weighted by Gasteiger charge is 2.27. The molecule has 0 aromatic heterocycles. The Labute approximate surface area is 115 Å². The Balaban J connectivity index is 1.68. The highest BCUT2D eigenvalue weighted by atomic mass is 32.2. The predicted octanol–water partition coefficient (Wildman–Crippen LogP) is 3.06. The van der Waals surface area contributed by atoms with Gasteiger partial charge in [0.2, 0.25) is 0 Å². The second-order valence-electron chi connectivity index (χ2n) is 5.62. The van der Waals surface area contributed by atoms with E-state index in [4.69, 9.17) is 0 Å². The van der Waals surface area contributed by atoms with Crippen LogP contribution in [0.15, 0.2) is 18.2 Å². The molecule has 2 atom stereocenters. The van der Waals surface area contributed by atoms with Crippen LogP contribution in [0.5, 0.6) is 0 Å². The van der Waals surface area contributed by atoms with Crippen LogP contribution in [0, 0.1) is 5.92 Å². The van der Waals surface area contributed by atoms with Crippen LogP contribution in [0.1, 0.15) is 30.0 Å². The van der Waals surface area contributed by atoms with Crippen molar-refractivity contribution in [3.05, 3.63) is 34.9 Å². The van der Waals surface area contributed by atoms with Crippen LogP contribution in [0.25, 0.3) is 0 Å². The van der Waals surface area contributed by atoms with Gasteiger partial charge < -0.3 is 5.32 Å². The molecule has 18 heavy (non-hydrogen) atoms. The first-order valence-corrected chi connectivity index (χ1v) is 8.44. The maximum atomic E-state index is 3.65. The van der Waals surface area contributed by atoms with E-state index in [0.29, 0.717) is 0 Å². The summed E-state index contributed by atoms with van der Waals surface area (Å²) in [4.78, 5) is 0. The van der Waals surface area contributed by atoms with Gasteiger partial charge in [-0.1, -0.05) is 25.1 Å². The molecular formula is C16H23NS. The first-order chi connectivity index (χ1) is 8.86. The van der Waals surface area contributed by atoms with Crippen LogP contribution >= 0.6 is 11.8 Å². The van der Waals surface area contributed by atoms with E-state index in [0.717, 1.165) is 18.5 Å². The van der Waals surface area contributed by atoms with Crippen molar-refractivity contribution in [1.29, 1.82) is 0 Å². The Morgan fingerprint density at radius 3 is 3.00 bits per heavy atom. The molecule has 1 N–H and O–H groups in total. The number of hydrogen-bond acceptors (Lipinski definition) is 2. The van der Waals surface area contributed by atoms with Gasteiger partial charge in [0, 0.05) is 11.8 Å². The van der Waals surface area contributed by atoms with Crippen molar-refractivity contribution < 1.29 is 0 Å². The van der Waals surface area contributed by atoms with E-state index in [1.54, 1.807) is 16.7 Å². The smallest absolute Gasteiger partial charge is 0.0197 e. The third-order valence-electron chi connectivity index (χ3n) is 4.33. The Hall–Kier alpha value is -0.470. The van der Waals surface area contributed by atoms with E-state index < -0.39 is 0 Å². The highest BCUT2D eigenvalue weighted by molar-refractivity contribution is 7.99. The summed E-state index contributed by atoms with van der Waals surface area (Å²) < 4.78 is 0. The van der Waals surface area contributed by atoms with Crippen molar-refractivity contribution >= 4 is 11.8 Å². The number of aryl methyl sites for hydroxylation is 2. The molecule has 2 heteroatoms. The summed E-state index contributed by atoms with van der Waals surface area (Å²) in [6.45, 7) is 3.32. The molecule has 3 rings (SSSR count). The Morgan fingerprint density at radius 1 is 1.22 bits per heavy atom. The molecule has 1 aromatic rings. The number of nitrogens with one attached hydrogen (secondary N) is 1. The van der Waals surface area contributed by atoms with Crippen LogP contribution in [-0.4, -0.2) is 24.1 Å². The zero-order chi connectivity index (χ0) is 12.4. The maximum absolute atomic E-state index is 3.65. The van der Waals surface area contributed by atoms with E-state index in [1.807, 2.05) is 0 Å². The molecule has 2 unspecified atom stereocenters. The third kappa shape index (κ3) is 2.60. The van der Waals surface area contributed by atoms with Gasteiger partial charge in [-0.15, -0.1) is 0 Å². The van der Waals surface area contributed by atoms with Crippen molar-refractivity contribution in [2.24, 2.45) is 5.92 Å². The average molecular weight is 261 g/mol. The van der Waals surface area contributed by atoms with E-state index in [2.05, 4.69) is 42.2 Å². The van der Waals surface area contributed by atoms with Crippen LogP contribution < -0.4 is 5.32 Å². The Bertz CT molecular complexity index is 416. The van der Waals surface area contributed by atoms with Gasteiger partial charge in [0.05, 0.1) is 0 Å². The van der Waals surface area contributed by atoms with Crippen LogP contribution in [0.4, 0.5) is 0 Å². The minimum atomic E-state index is 0.730. The van der Waals surface area contributed by atoms with E-state index in [9.17, 15) is 0 Å². The predicted molar refractivity (Wildman–Crippen MR) is 80.5 cm³/mol. The standard InChI is InChI=1S/C16H23NS/c1-2-17-16-11-18-10-15(16)9-12-6-7-13-4-3-5-14(13)8-12/h6-8,15-17H,2-5,9-11H2,1H3. The van der Waals surface area contributed by atoms with Gasteiger partial charge >= 0.3 is 0 Å². The molecule has 1 aliphatic carbocycles. The van der Waals surface area contributed by atoms with Crippen LogP contribution in [0.3, 0.4) is 0 Å². The molecule has 98 valence electrons. The molecule has 0 radical (unpaired) electrons. The summed E-state index contributed by atoms with van der Waals surface area (Å²) in [5, 5.41) is 3.65. The normalized spacial score (nSPS) is 26.5. The summed E-state index contributed by atoms with van der Waals surface area (Å²) >= 11 is 2.11. The average Bonchev–Trinajstić information content (AvgIpc) is 2.99. The van der Waals surface area contributed by atoms with Crippen molar-refractivity contribution in [2.45, 2.75) is 38.6 Å². The number of hydrogen-bond donors (Lipinski definition) is 1. The number of fused-ring (bicyclic) bond motifs is 1. The lowest BCUT2D eigenvalue weighted by atomic mass is 9.93. The monoisotopic (exact) mass is 261 g/mol. The van der Waals surface area contributed by atoms with Gasteiger partial charge in [-0.2, -0.15) is 11.8 Å². The second kappa shape index (κ2) is 5.66. The van der Waals surface area contributed by atoms with Crippen molar-refractivity contribution in [3.8, 4) is 0 Å². The van der Waals surface area contributed by atoms with Gasteiger partial charge in [-0.25, -0.2) is 0 Å². The van der Waals surface area contributed by atoms with Gasteiger partial charge in [-0.3, -0.25) is 0 Å². The molecule has 1 aromatic carbocycles. The van der Waals surface area contributed by atoms with Crippen LogP contribution in [-0.2, 0) is 19.3 Å². The molecule has 0 bridgehead atoms. The summed E-state index contributed by atoms with van der Waals surface area (Å²) in [7, 11) is 0. The number of thioether (sulfide) groups is 1. The van der Waals surface area contributed by atoms with Gasteiger partial charge in [0.15, 0.2) is 0 Å². The molecule has 1 heterocycles. The summed E-state index contributed by atoms with van der Waals surface area (Å²) in [6, 6.07) is 7.96. The van der Waals surface area contributed by atoms with Crippen LogP contribution in [0.2, 0.25) is 0 Å². The lowest BCUT2D eigenvalue weighted by Crippen LogP contribution is -2.36. The third-order valence-corrected chi connectivity index (χ3v) is 5.58. The summed E-state index contributed by atoms with van der Waals surface area (Å²) in [5.41, 5.74) is 4.78. The first kappa shape index (κ1) is 12.6. The fourth-order valence-corrected chi connectivity index (χ4v) is 4.78. The molecule has 1 nitrogen and oxygen atoms in total. The molecule has 0 saturated carbocycles. The second-order valence-corrected chi connectivity index (χ2v) is 6.70. The van der Waals surface area contributed by atoms with Crippen molar-refractivity contribution in [3.63, 3.8) is 0 Å². The fraction of sp³-hybridized carbons (Fsp3) is 0.625. The van der Waals surface area contributed by atoms with E-state index in [-0.39, 0.29) is 0 Å². The zero-order valence-corrected chi connectivity index (χ0v) is 12.1. The topological polar surface area (TPSA) is 12.0 Å². The largest absolute Gasteiger partial charge is 0.313 e. The first-order valence-electron chi connectivity index (χ1n) is 7.28. The molecular weight excluding hydrogens is 238 g/mol. The molecule has 0 spiro atoms. The van der Waals surface area contributed by atoms with Crippen molar-refractivity contribution in [1.82, 2.24) is 5.32 Å². The molecule has 1 fully saturated rings. The summed E-state index contributed by atoms with van der Waals surface area (Å²) in [6.07, 6.45) is 5.23. The Morgan fingerprint density at radius 2 is 2.11 bits per heavy atom. The highest BCUT2D eigenvalue weighted by Crippen LogP contribution is 2.29. The molecule has 0 amide bonds. The molecule has 2 aliphatic rings. The van der Waals surface area contributed by atoms with Gasteiger partial charge in [-0.05, 0) is 60.6 Å². The van der Waals surface area contributed by atoms with E-state index in [1.165, 1.54) is 37.2 Å². The minimum Gasteiger partial charge on any atom is -0.313 e. The summed E-state index contributed by atoms with van der Waals surface area (Å²) in [5.74, 6) is 3.45. The lowest BCUT2D eigenvalue weighted by Gasteiger charge is -2.19. The van der Waals surface area contributed by atoms with Gasteiger partial charge in [0.25, 0.3) is 0 Å². The SMILES string of the molecule is CCNC1CSCC1Cc1ccc2c(c1)CCC2. The number of benzene rings is 1. The number of rotatable bonds is 4. The lowest BCUT2D eigenvalue weighted by molar-refractivity contribution is 0.434. The van der Waals surface area contributed by atoms with Crippen molar-refractivity contribution in [2.75, 3.05) is 18.1 Å². The Kier molecular flexibility index (Phi) is 3.95.